The van der Waals surface area contributed by atoms with Crippen LogP contribution in [0.25, 0.3) is 20.3 Å². The van der Waals surface area contributed by atoms with Crippen LogP contribution in [-0.4, -0.2) is 15.5 Å². The first-order chi connectivity index (χ1) is 13.3. The number of halogens is 2. The molecule has 5 nitrogen and oxygen atoms in total. The van der Waals surface area contributed by atoms with E-state index in [9.17, 15) is 14.0 Å². The topological polar surface area (TPSA) is 64.0 Å². The summed E-state index contributed by atoms with van der Waals surface area (Å²) in [5.41, 5.74) is 1.42. The zero-order chi connectivity index (χ0) is 20.0. The van der Waals surface area contributed by atoms with Crippen LogP contribution in [0.3, 0.4) is 0 Å². The first kappa shape index (κ1) is 18.6. The fourth-order valence-electron chi connectivity index (χ4n) is 3.04. The quantitative estimate of drug-likeness (QED) is 0.529. The smallest absolute Gasteiger partial charge is 0.272 e. The summed E-state index contributed by atoms with van der Waals surface area (Å²) in [4.78, 5) is 29.8. The van der Waals surface area contributed by atoms with Crippen LogP contribution in [0.15, 0.2) is 41.2 Å². The van der Waals surface area contributed by atoms with Gasteiger partial charge in [0.15, 0.2) is 0 Å². The molecule has 2 aromatic heterocycles. The van der Waals surface area contributed by atoms with E-state index in [-0.39, 0.29) is 18.0 Å². The average molecular weight is 416 g/mol. The van der Waals surface area contributed by atoms with E-state index in [0.29, 0.717) is 36.8 Å². The van der Waals surface area contributed by atoms with E-state index in [0.717, 1.165) is 5.56 Å². The third-order valence-electron chi connectivity index (χ3n) is 4.50. The number of hydrogen-bond acceptors (Lipinski definition) is 4. The van der Waals surface area contributed by atoms with Gasteiger partial charge in [0.05, 0.1) is 10.9 Å². The van der Waals surface area contributed by atoms with Crippen molar-refractivity contribution in [3.05, 3.63) is 69.0 Å². The fraction of sp³-hybridized carbons (Fsp3) is 0.150. The number of aryl methyl sites for hydroxylation is 2. The standard InChI is InChI=1S/C20H15ClFN3O2S/c1-10-6-7-12(8-13(10)21)24-16(26)9-25-11(2)23-18-17-14(22)4-3-5-15(17)28-19(18)20(25)27/h3-8H,9H2,1-2H3,(H,24,26). The summed E-state index contributed by atoms with van der Waals surface area (Å²) in [7, 11) is 0. The molecule has 142 valence electrons. The van der Waals surface area contributed by atoms with Gasteiger partial charge in [-0.15, -0.1) is 11.3 Å². The predicted octanol–water partition coefficient (Wildman–Crippen LogP) is 4.66. The van der Waals surface area contributed by atoms with Crippen molar-refractivity contribution in [3.8, 4) is 0 Å². The van der Waals surface area contributed by atoms with Crippen LogP contribution in [0, 0.1) is 19.7 Å². The largest absolute Gasteiger partial charge is 0.324 e. The number of fused-ring (bicyclic) bond motifs is 3. The van der Waals surface area contributed by atoms with Crippen molar-refractivity contribution in [3.63, 3.8) is 0 Å². The molecule has 4 rings (SSSR count). The summed E-state index contributed by atoms with van der Waals surface area (Å²) in [6.45, 7) is 3.29. The summed E-state index contributed by atoms with van der Waals surface area (Å²) in [6, 6.07) is 9.88. The van der Waals surface area contributed by atoms with Crippen LogP contribution in [0.4, 0.5) is 10.1 Å². The number of carbonyl (C=O) groups is 1. The summed E-state index contributed by atoms with van der Waals surface area (Å²) < 4.78 is 16.5. The van der Waals surface area contributed by atoms with Gasteiger partial charge in [-0.1, -0.05) is 23.7 Å². The van der Waals surface area contributed by atoms with Gasteiger partial charge < -0.3 is 5.32 Å². The lowest BCUT2D eigenvalue weighted by molar-refractivity contribution is -0.116. The Morgan fingerprint density at radius 3 is 2.82 bits per heavy atom. The van der Waals surface area contributed by atoms with E-state index in [2.05, 4.69) is 10.3 Å². The Labute approximate surface area is 168 Å². The second-order valence-electron chi connectivity index (χ2n) is 6.46. The molecule has 0 spiro atoms. The molecule has 28 heavy (non-hydrogen) atoms. The molecule has 1 N–H and O–H groups in total. The molecule has 0 unspecified atom stereocenters. The molecule has 8 heteroatoms. The Kier molecular flexibility index (Phi) is 4.64. The van der Waals surface area contributed by atoms with Crippen molar-refractivity contribution >= 4 is 54.8 Å². The third-order valence-corrected chi connectivity index (χ3v) is 6.04. The number of carbonyl (C=O) groups excluding carboxylic acids is 1. The molecule has 0 fully saturated rings. The zero-order valence-corrected chi connectivity index (χ0v) is 16.6. The Balaban J connectivity index is 1.71. The van der Waals surface area contributed by atoms with E-state index in [1.165, 1.54) is 22.0 Å². The first-order valence-corrected chi connectivity index (χ1v) is 9.69. The summed E-state index contributed by atoms with van der Waals surface area (Å²) in [5, 5.41) is 3.61. The van der Waals surface area contributed by atoms with Gasteiger partial charge in [0.25, 0.3) is 5.56 Å². The number of hydrogen-bond donors (Lipinski definition) is 1. The van der Waals surface area contributed by atoms with E-state index in [1.54, 1.807) is 37.3 Å². The van der Waals surface area contributed by atoms with Gasteiger partial charge in [0, 0.05) is 15.4 Å². The maximum Gasteiger partial charge on any atom is 0.272 e. The number of amides is 1. The molecular weight excluding hydrogens is 401 g/mol. The highest BCUT2D eigenvalue weighted by atomic mass is 35.5. The molecule has 0 aliphatic carbocycles. The van der Waals surface area contributed by atoms with Gasteiger partial charge in [-0.2, -0.15) is 0 Å². The molecule has 2 heterocycles. The number of rotatable bonds is 3. The minimum absolute atomic E-state index is 0.199. The maximum atomic E-state index is 14.2. The Morgan fingerprint density at radius 2 is 2.07 bits per heavy atom. The van der Waals surface area contributed by atoms with Gasteiger partial charge in [-0.3, -0.25) is 14.2 Å². The second-order valence-corrected chi connectivity index (χ2v) is 7.91. The minimum atomic E-state index is -0.415. The Hall–Kier alpha value is -2.77. The van der Waals surface area contributed by atoms with Gasteiger partial charge in [-0.25, -0.2) is 9.37 Å². The van der Waals surface area contributed by atoms with Crippen LogP contribution in [0.5, 0.6) is 0 Å². The molecule has 0 radical (unpaired) electrons. The molecule has 0 saturated heterocycles. The first-order valence-electron chi connectivity index (χ1n) is 8.49. The van der Waals surface area contributed by atoms with Crippen molar-refractivity contribution in [2.45, 2.75) is 20.4 Å². The van der Waals surface area contributed by atoms with Crippen LogP contribution in [-0.2, 0) is 11.3 Å². The summed E-state index contributed by atoms with van der Waals surface area (Å²) >= 11 is 7.25. The van der Waals surface area contributed by atoms with E-state index >= 15 is 0 Å². The van der Waals surface area contributed by atoms with Gasteiger partial charge in [-0.05, 0) is 43.7 Å². The average Bonchev–Trinajstić information content (AvgIpc) is 3.02. The van der Waals surface area contributed by atoms with Crippen molar-refractivity contribution in [1.29, 1.82) is 0 Å². The molecule has 0 atom stereocenters. The Bertz CT molecular complexity index is 1310. The molecular formula is C20H15ClFN3O2S. The van der Waals surface area contributed by atoms with Crippen molar-refractivity contribution < 1.29 is 9.18 Å². The number of aromatic nitrogens is 2. The van der Waals surface area contributed by atoms with E-state index in [1.807, 2.05) is 6.92 Å². The normalized spacial score (nSPS) is 11.3. The monoisotopic (exact) mass is 415 g/mol. The molecule has 0 aliphatic rings. The summed E-state index contributed by atoms with van der Waals surface area (Å²) in [5.74, 6) is -0.446. The maximum absolute atomic E-state index is 14.2. The highest BCUT2D eigenvalue weighted by Crippen LogP contribution is 2.32. The van der Waals surface area contributed by atoms with Crippen molar-refractivity contribution in [1.82, 2.24) is 9.55 Å². The molecule has 0 aliphatic heterocycles. The lowest BCUT2D eigenvalue weighted by Gasteiger charge is -2.11. The van der Waals surface area contributed by atoms with Crippen LogP contribution in [0.2, 0.25) is 5.02 Å². The molecule has 2 aromatic carbocycles. The number of benzene rings is 2. The molecule has 0 saturated carbocycles. The van der Waals surface area contributed by atoms with Gasteiger partial charge in [0.1, 0.15) is 22.9 Å². The SMILES string of the molecule is Cc1ccc(NC(=O)Cn2c(C)nc3c(sc4cccc(F)c43)c2=O)cc1Cl. The number of anilines is 1. The van der Waals surface area contributed by atoms with Gasteiger partial charge >= 0.3 is 0 Å². The van der Waals surface area contributed by atoms with Crippen molar-refractivity contribution in [2.24, 2.45) is 0 Å². The zero-order valence-electron chi connectivity index (χ0n) is 15.0. The predicted molar refractivity (Wildman–Crippen MR) is 111 cm³/mol. The lowest BCUT2D eigenvalue weighted by Crippen LogP contribution is -2.29. The highest BCUT2D eigenvalue weighted by molar-refractivity contribution is 7.25. The third kappa shape index (κ3) is 3.16. The molecule has 4 aromatic rings. The van der Waals surface area contributed by atoms with E-state index in [4.69, 9.17) is 11.6 Å². The lowest BCUT2D eigenvalue weighted by atomic mass is 10.2. The Morgan fingerprint density at radius 1 is 1.29 bits per heavy atom. The number of nitrogens with one attached hydrogen (secondary N) is 1. The molecule has 0 bridgehead atoms. The fourth-order valence-corrected chi connectivity index (χ4v) is 4.32. The van der Waals surface area contributed by atoms with Crippen LogP contribution >= 0.6 is 22.9 Å². The second kappa shape index (κ2) is 7.00. The number of thiophene rings is 1. The molecule has 1 amide bonds. The van der Waals surface area contributed by atoms with Crippen molar-refractivity contribution in [2.75, 3.05) is 5.32 Å². The van der Waals surface area contributed by atoms with E-state index < -0.39 is 5.82 Å². The number of nitrogens with zero attached hydrogens (tertiary/aromatic N) is 2. The van der Waals surface area contributed by atoms with Gasteiger partial charge in [0.2, 0.25) is 5.91 Å². The summed E-state index contributed by atoms with van der Waals surface area (Å²) in [6.07, 6.45) is 0. The van der Waals surface area contributed by atoms with Crippen LogP contribution in [0.1, 0.15) is 11.4 Å². The minimum Gasteiger partial charge on any atom is -0.324 e. The van der Waals surface area contributed by atoms with Crippen LogP contribution < -0.4 is 10.9 Å². The highest BCUT2D eigenvalue weighted by Gasteiger charge is 2.18.